The number of nitrogens with zero attached hydrogens (tertiary/aromatic N) is 4. The molecule has 0 aromatic carbocycles. The zero-order chi connectivity index (χ0) is 15.0. The molecule has 0 fully saturated rings. The number of hydrogen-bond donors (Lipinski definition) is 1. The van der Waals surface area contributed by atoms with Gasteiger partial charge in [0.05, 0.1) is 21.3 Å². The Hall–Kier alpha value is -2.48. The highest BCUT2D eigenvalue weighted by molar-refractivity contribution is 6.31. The van der Waals surface area contributed by atoms with Crippen LogP contribution < -0.4 is 0 Å². The van der Waals surface area contributed by atoms with Crippen molar-refractivity contribution in [3.8, 4) is 5.82 Å². The van der Waals surface area contributed by atoms with E-state index in [0.717, 1.165) is 12.3 Å². The molecule has 2 heterocycles. The summed E-state index contributed by atoms with van der Waals surface area (Å²) in [6.07, 6.45) is 0.978. The fraction of sp³-hybridized carbons (Fsp3) is 0.182. The van der Waals surface area contributed by atoms with E-state index in [4.69, 9.17) is 16.7 Å². The molecule has 0 atom stereocenters. The third-order valence-corrected chi connectivity index (χ3v) is 3.24. The van der Waals surface area contributed by atoms with Gasteiger partial charge in [-0.3, -0.25) is 10.1 Å². The Morgan fingerprint density at radius 1 is 1.50 bits per heavy atom. The van der Waals surface area contributed by atoms with Crippen molar-refractivity contribution in [1.29, 1.82) is 0 Å². The normalized spacial score (nSPS) is 10.6. The van der Waals surface area contributed by atoms with Crippen molar-refractivity contribution >= 4 is 23.3 Å². The molecule has 0 saturated heterocycles. The molecule has 104 valence electrons. The molecule has 0 amide bonds. The van der Waals surface area contributed by atoms with Gasteiger partial charge in [0.15, 0.2) is 5.82 Å². The number of aromatic nitrogens is 3. The molecule has 2 rings (SSSR count). The van der Waals surface area contributed by atoms with Gasteiger partial charge in [0.2, 0.25) is 0 Å². The summed E-state index contributed by atoms with van der Waals surface area (Å²) < 4.78 is 1.25. The lowest BCUT2D eigenvalue weighted by Crippen LogP contribution is -2.11. The van der Waals surface area contributed by atoms with E-state index < -0.39 is 16.6 Å². The molecule has 2 aromatic heterocycles. The van der Waals surface area contributed by atoms with Gasteiger partial charge in [0, 0.05) is 6.07 Å². The van der Waals surface area contributed by atoms with Gasteiger partial charge in [0.25, 0.3) is 5.69 Å². The largest absolute Gasteiger partial charge is 0.478 e. The maximum absolute atomic E-state index is 11.2. The summed E-state index contributed by atoms with van der Waals surface area (Å²) in [6, 6.07) is 0.940. The van der Waals surface area contributed by atoms with Crippen LogP contribution in [0.5, 0.6) is 0 Å². The summed E-state index contributed by atoms with van der Waals surface area (Å²) in [6.45, 7) is 3.31. The minimum atomic E-state index is -1.33. The third kappa shape index (κ3) is 2.21. The summed E-state index contributed by atoms with van der Waals surface area (Å²) in [5.74, 6) is -1.35. The van der Waals surface area contributed by atoms with Gasteiger partial charge < -0.3 is 5.11 Å². The first kappa shape index (κ1) is 13.9. The SMILES string of the molecule is Cc1nn(-c2ncc([N+](=O)[O-])cc2C(=O)O)c(C)c1Cl. The summed E-state index contributed by atoms with van der Waals surface area (Å²) in [4.78, 5) is 25.0. The molecule has 0 aliphatic carbocycles. The Bertz CT molecular complexity index is 725. The summed E-state index contributed by atoms with van der Waals surface area (Å²) >= 11 is 6.00. The Labute approximate surface area is 117 Å². The second kappa shape index (κ2) is 4.89. The maximum Gasteiger partial charge on any atom is 0.339 e. The number of aryl methyl sites for hydroxylation is 1. The molecule has 0 saturated carbocycles. The van der Waals surface area contributed by atoms with Crippen molar-refractivity contribution in [2.45, 2.75) is 13.8 Å². The van der Waals surface area contributed by atoms with Crippen LogP contribution in [-0.4, -0.2) is 30.8 Å². The first-order chi connectivity index (χ1) is 9.32. The summed E-state index contributed by atoms with van der Waals surface area (Å²) in [7, 11) is 0. The quantitative estimate of drug-likeness (QED) is 0.686. The predicted octanol–water partition coefficient (Wildman–Crippen LogP) is 2.14. The average molecular weight is 297 g/mol. The highest BCUT2D eigenvalue weighted by atomic mass is 35.5. The first-order valence-corrected chi connectivity index (χ1v) is 5.80. The van der Waals surface area contributed by atoms with Crippen molar-refractivity contribution < 1.29 is 14.8 Å². The van der Waals surface area contributed by atoms with Crippen LogP contribution in [0.4, 0.5) is 5.69 Å². The van der Waals surface area contributed by atoms with Crippen molar-refractivity contribution in [1.82, 2.24) is 14.8 Å². The summed E-state index contributed by atoms with van der Waals surface area (Å²) in [5, 5.41) is 24.3. The Morgan fingerprint density at radius 3 is 2.60 bits per heavy atom. The lowest BCUT2D eigenvalue weighted by Gasteiger charge is -2.06. The highest BCUT2D eigenvalue weighted by Gasteiger charge is 2.21. The molecule has 8 nitrogen and oxygen atoms in total. The zero-order valence-electron chi connectivity index (χ0n) is 10.5. The molecule has 1 N–H and O–H groups in total. The number of carbonyl (C=O) groups is 1. The van der Waals surface area contributed by atoms with Gasteiger partial charge in [-0.25, -0.2) is 14.5 Å². The lowest BCUT2D eigenvalue weighted by atomic mass is 10.2. The van der Waals surface area contributed by atoms with Gasteiger partial charge in [0.1, 0.15) is 11.8 Å². The number of pyridine rings is 1. The molecule has 0 bridgehead atoms. The van der Waals surface area contributed by atoms with Gasteiger partial charge in [-0.15, -0.1) is 0 Å². The molecule has 2 aromatic rings. The second-order valence-corrected chi connectivity index (χ2v) is 4.40. The molecule has 0 radical (unpaired) electrons. The van der Waals surface area contributed by atoms with E-state index in [1.807, 2.05) is 0 Å². The minimum Gasteiger partial charge on any atom is -0.478 e. The van der Waals surface area contributed by atoms with E-state index >= 15 is 0 Å². The zero-order valence-corrected chi connectivity index (χ0v) is 11.2. The van der Waals surface area contributed by atoms with Gasteiger partial charge in [-0.1, -0.05) is 11.6 Å². The number of hydrogen-bond acceptors (Lipinski definition) is 5. The minimum absolute atomic E-state index is 0.0180. The number of carboxylic acid groups (broad SMARTS) is 1. The van der Waals surface area contributed by atoms with Crippen molar-refractivity contribution in [2.75, 3.05) is 0 Å². The highest BCUT2D eigenvalue weighted by Crippen LogP contribution is 2.24. The molecule has 20 heavy (non-hydrogen) atoms. The molecule has 0 spiro atoms. The molecular formula is C11H9ClN4O4. The second-order valence-electron chi connectivity index (χ2n) is 4.02. The fourth-order valence-corrected chi connectivity index (χ4v) is 1.82. The van der Waals surface area contributed by atoms with Crippen molar-refractivity contribution in [3.63, 3.8) is 0 Å². The van der Waals surface area contributed by atoms with E-state index in [2.05, 4.69) is 10.1 Å². The third-order valence-electron chi connectivity index (χ3n) is 2.70. The van der Waals surface area contributed by atoms with Crippen LogP contribution in [0.1, 0.15) is 21.7 Å². The standard InChI is InChI=1S/C11H9ClN4O4/c1-5-9(12)6(2)15(14-5)10-8(11(17)18)3-7(4-13-10)16(19)20/h3-4H,1-2H3,(H,17,18). The van der Waals surface area contributed by atoms with Crippen molar-refractivity contribution in [2.24, 2.45) is 0 Å². The van der Waals surface area contributed by atoms with Crippen LogP contribution in [0.15, 0.2) is 12.3 Å². The molecule has 0 unspecified atom stereocenters. The molecule has 0 aliphatic heterocycles. The van der Waals surface area contributed by atoms with E-state index in [-0.39, 0.29) is 11.4 Å². The Morgan fingerprint density at radius 2 is 2.15 bits per heavy atom. The summed E-state index contributed by atoms with van der Waals surface area (Å²) in [5.41, 5.74) is 0.300. The average Bonchev–Trinajstić information content (AvgIpc) is 2.65. The first-order valence-electron chi connectivity index (χ1n) is 5.42. The van der Waals surface area contributed by atoms with Crippen LogP contribution >= 0.6 is 11.6 Å². The van der Waals surface area contributed by atoms with Crippen LogP contribution in [0, 0.1) is 24.0 Å². The molecule has 9 heteroatoms. The number of nitro groups is 1. The topological polar surface area (TPSA) is 111 Å². The smallest absolute Gasteiger partial charge is 0.339 e. The van der Waals surface area contributed by atoms with E-state index in [0.29, 0.717) is 16.4 Å². The van der Waals surface area contributed by atoms with Gasteiger partial charge in [-0.05, 0) is 13.8 Å². The number of carboxylic acids is 1. The Balaban J connectivity index is 2.70. The maximum atomic E-state index is 11.2. The number of rotatable bonds is 3. The van der Waals surface area contributed by atoms with E-state index in [1.165, 1.54) is 4.68 Å². The predicted molar refractivity (Wildman–Crippen MR) is 69.5 cm³/mol. The van der Waals surface area contributed by atoms with Crippen LogP contribution in [0.2, 0.25) is 5.02 Å². The van der Waals surface area contributed by atoms with Crippen LogP contribution in [0.3, 0.4) is 0 Å². The van der Waals surface area contributed by atoms with Crippen LogP contribution in [-0.2, 0) is 0 Å². The van der Waals surface area contributed by atoms with E-state index in [1.54, 1.807) is 13.8 Å². The Kier molecular flexibility index (Phi) is 3.41. The van der Waals surface area contributed by atoms with Crippen molar-refractivity contribution in [3.05, 3.63) is 44.4 Å². The molecule has 0 aliphatic rings. The number of halogens is 1. The monoisotopic (exact) mass is 296 g/mol. The van der Waals surface area contributed by atoms with E-state index in [9.17, 15) is 14.9 Å². The molecular weight excluding hydrogens is 288 g/mol. The fourth-order valence-electron chi connectivity index (χ4n) is 1.70. The number of aromatic carboxylic acids is 1. The van der Waals surface area contributed by atoms with Gasteiger partial charge >= 0.3 is 5.97 Å². The lowest BCUT2D eigenvalue weighted by molar-refractivity contribution is -0.385. The van der Waals surface area contributed by atoms with Crippen LogP contribution in [0.25, 0.3) is 5.82 Å². The van der Waals surface area contributed by atoms with Gasteiger partial charge in [-0.2, -0.15) is 5.10 Å².